The molecule has 0 aliphatic carbocycles. The third-order valence-corrected chi connectivity index (χ3v) is 4.58. The summed E-state index contributed by atoms with van der Waals surface area (Å²) in [5.74, 6) is 1.46. The molecular weight excluding hydrogens is 376 g/mol. The fourth-order valence-corrected chi connectivity index (χ4v) is 3.12. The maximum absolute atomic E-state index is 12.2. The van der Waals surface area contributed by atoms with Crippen LogP contribution in [0, 0.1) is 6.92 Å². The fraction of sp³-hybridized carbons (Fsp3) is 0.500. The Labute approximate surface area is 169 Å². The van der Waals surface area contributed by atoms with Crippen LogP contribution in [-0.2, 0) is 16.0 Å². The first-order chi connectivity index (χ1) is 14.0. The third-order valence-electron chi connectivity index (χ3n) is 4.58. The molecule has 1 fully saturated rings. The van der Waals surface area contributed by atoms with Crippen molar-refractivity contribution >= 4 is 12.0 Å². The summed E-state index contributed by atoms with van der Waals surface area (Å²) < 4.78 is 15.9. The first kappa shape index (κ1) is 20.6. The van der Waals surface area contributed by atoms with Gasteiger partial charge in [-0.3, -0.25) is 4.79 Å². The van der Waals surface area contributed by atoms with Crippen LogP contribution in [0.2, 0.25) is 0 Å². The van der Waals surface area contributed by atoms with Gasteiger partial charge in [-0.15, -0.1) is 0 Å². The number of urea groups is 1. The van der Waals surface area contributed by atoms with E-state index >= 15 is 0 Å². The number of amides is 2. The van der Waals surface area contributed by atoms with Crippen LogP contribution in [0.25, 0.3) is 0 Å². The van der Waals surface area contributed by atoms with Crippen molar-refractivity contribution in [1.82, 2.24) is 20.4 Å². The number of esters is 1. The molecule has 1 aromatic carbocycles. The molecule has 9 nitrogen and oxygen atoms in total. The second-order valence-corrected chi connectivity index (χ2v) is 6.86. The number of carbonyl (C=O) groups excluding carboxylic acids is 2. The first-order valence-electron chi connectivity index (χ1n) is 9.75. The van der Waals surface area contributed by atoms with Crippen molar-refractivity contribution in [3.63, 3.8) is 0 Å². The van der Waals surface area contributed by atoms with Crippen LogP contribution in [0.5, 0.6) is 5.75 Å². The van der Waals surface area contributed by atoms with Gasteiger partial charge in [-0.05, 0) is 38.0 Å². The molecule has 156 valence electrons. The number of ether oxygens (including phenoxy) is 2. The smallest absolute Gasteiger partial charge is 0.325 e. The number of carbonyl (C=O) groups is 2. The summed E-state index contributed by atoms with van der Waals surface area (Å²) in [5, 5.41) is 6.58. The summed E-state index contributed by atoms with van der Waals surface area (Å²) in [6.07, 6.45) is 1.27. The number of likely N-dealkylation sites (tertiary alicyclic amines) is 1. The Bertz CT molecular complexity index is 838. The van der Waals surface area contributed by atoms with E-state index in [1.165, 1.54) is 0 Å². The van der Waals surface area contributed by atoms with Crippen LogP contribution in [0.15, 0.2) is 28.8 Å². The van der Waals surface area contributed by atoms with Crippen molar-refractivity contribution in [1.29, 1.82) is 0 Å². The molecule has 1 aliphatic rings. The molecule has 2 amide bonds. The summed E-state index contributed by atoms with van der Waals surface area (Å²) in [5.41, 5.74) is 1.14. The number of nitrogens with zero attached hydrogens (tertiary/aromatic N) is 3. The Morgan fingerprint density at radius 3 is 3.03 bits per heavy atom. The molecule has 1 atom stereocenters. The highest BCUT2D eigenvalue weighted by atomic mass is 16.5. The van der Waals surface area contributed by atoms with E-state index in [-0.39, 0.29) is 25.1 Å². The number of nitrogens with one attached hydrogen (secondary N) is 1. The lowest BCUT2D eigenvalue weighted by molar-refractivity contribution is -0.141. The predicted molar refractivity (Wildman–Crippen MR) is 104 cm³/mol. The molecular formula is C20H26N4O5. The quantitative estimate of drug-likeness (QED) is 0.674. The minimum atomic E-state index is -0.453. The van der Waals surface area contributed by atoms with E-state index in [1.54, 1.807) is 11.8 Å². The SMILES string of the molecule is CCOC(=O)CNC(=O)N1CCC(c2nc(CCOc3cccc(C)c3)no2)C1. The number of aryl methyl sites for hydroxylation is 1. The van der Waals surface area contributed by atoms with E-state index in [0.717, 1.165) is 17.7 Å². The van der Waals surface area contributed by atoms with E-state index in [2.05, 4.69) is 15.5 Å². The second kappa shape index (κ2) is 9.90. The molecule has 0 radical (unpaired) electrons. The van der Waals surface area contributed by atoms with Crippen molar-refractivity contribution < 1.29 is 23.6 Å². The van der Waals surface area contributed by atoms with Crippen LogP contribution in [0.3, 0.4) is 0 Å². The van der Waals surface area contributed by atoms with Crippen LogP contribution >= 0.6 is 0 Å². The minimum absolute atomic E-state index is 0.0118. The Kier molecular flexibility index (Phi) is 7.04. The molecule has 1 N–H and O–H groups in total. The van der Waals surface area contributed by atoms with Crippen molar-refractivity contribution in [3.05, 3.63) is 41.5 Å². The number of aromatic nitrogens is 2. The van der Waals surface area contributed by atoms with E-state index < -0.39 is 5.97 Å². The number of hydrogen-bond donors (Lipinski definition) is 1. The van der Waals surface area contributed by atoms with Crippen LogP contribution < -0.4 is 10.1 Å². The van der Waals surface area contributed by atoms with E-state index in [9.17, 15) is 9.59 Å². The van der Waals surface area contributed by atoms with Gasteiger partial charge in [0.25, 0.3) is 0 Å². The lowest BCUT2D eigenvalue weighted by Crippen LogP contribution is -2.41. The summed E-state index contributed by atoms with van der Waals surface area (Å²) in [4.78, 5) is 29.6. The van der Waals surface area contributed by atoms with Gasteiger partial charge in [0.1, 0.15) is 12.3 Å². The highest BCUT2D eigenvalue weighted by Crippen LogP contribution is 2.26. The Morgan fingerprint density at radius 1 is 1.38 bits per heavy atom. The van der Waals surface area contributed by atoms with Crippen molar-refractivity contribution in [2.45, 2.75) is 32.6 Å². The molecule has 3 rings (SSSR count). The van der Waals surface area contributed by atoms with Gasteiger partial charge >= 0.3 is 12.0 Å². The molecule has 0 saturated carbocycles. The molecule has 2 aromatic rings. The molecule has 2 heterocycles. The van der Waals surface area contributed by atoms with Gasteiger partial charge in [0.2, 0.25) is 5.89 Å². The van der Waals surface area contributed by atoms with Gasteiger partial charge in [-0.25, -0.2) is 4.79 Å². The third kappa shape index (κ3) is 5.94. The topological polar surface area (TPSA) is 107 Å². The largest absolute Gasteiger partial charge is 0.493 e. The molecule has 1 saturated heterocycles. The zero-order valence-corrected chi connectivity index (χ0v) is 16.7. The Balaban J connectivity index is 1.43. The van der Waals surface area contributed by atoms with Crippen molar-refractivity contribution in [3.8, 4) is 5.75 Å². The fourth-order valence-electron chi connectivity index (χ4n) is 3.12. The molecule has 1 unspecified atom stereocenters. The number of hydrogen-bond acceptors (Lipinski definition) is 7. The highest BCUT2D eigenvalue weighted by molar-refractivity contribution is 5.81. The molecule has 29 heavy (non-hydrogen) atoms. The standard InChI is InChI=1S/C20H26N4O5/c1-3-27-18(25)12-21-20(26)24-9-7-15(13-24)19-22-17(23-29-19)8-10-28-16-6-4-5-14(2)11-16/h4-6,11,15H,3,7-10,12-13H2,1-2H3,(H,21,26). The molecule has 1 aliphatic heterocycles. The van der Waals surface area contributed by atoms with Crippen LogP contribution in [0.1, 0.15) is 36.5 Å². The number of benzene rings is 1. The summed E-state index contributed by atoms with van der Waals surface area (Å²) in [6.45, 7) is 5.37. The van der Waals surface area contributed by atoms with Gasteiger partial charge in [0.15, 0.2) is 5.82 Å². The molecule has 0 spiro atoms. The van der Waals surface area contributed by atoms with Crippen LogP contribution in [0.4, 0.5) is 4.79 Å². The maximum Gasteiger partial charge on any atom is 0.325 e. The highest BCUT2D eigenvalue weighted by Gasteiger charge is 2.31. The average Bonchev–Trinajstić information content (AvgIpc) is 3.36. The summed E-state index contributed by atoms with van der Waals surface area (Å²) >= 11 is 0. The second-order valence-electron chi connectivity index (χ2n) is 6.86. The summed E-state index contributed by atoms with van der Waals surface area (Å²) in [6, 6.07) is 7.55. The monoisotopic (exact) mass is 402 g/mol. The van der Waals surface area contributed by atoms with Crippen molar-refractivity contribution in [2.24, 2.45) is 0 Å². The van der Waals surface area contributed by atoms with Gasteiger partial charge in [0.05, 0.1) is 19.1 Å². The lowest BCUT2D eigenvalue weighted by atomic mass is 10.1. The van der Waals surface area contributed by atoms with Crippen LogP contribution in [-0.4, -0.2) is 59.9 Å². The minimum Gasteiger partial charge on any atom is -0.493 e. The zero-order chi connectivity index (χ0) is 20.6. The lowest BCUT2D eigenvalue weighted by Gasteiger charge is -2.16. The van der Waals surface area contributed by atoms with Gasteiger partial charge in [-0.1, -0.05) is 17.3 Å². The predicted octanol–water partition coefficient (Wildman–Crippen LogP) is 2.06. The molecule has 0 bridgehead atoms. The van der Waals surface area contributed by atoms with E-state index in [1.807, 2.05) is 31.2 Å². The number of rotatable bonds is 8. The van der Waals surface area contributed by atoms with E-state index in [0.29, 0.717) is 37.8 Å². The molecule has 9 heteroatoms. The maximum atomic E-state index is 12.2. The van der Waals surface area contributed by atoms with Gasteiger partial charge < -0.3 is 24.2 Å². The van der Waals surface area contributed by atoms with E-state index in [4.69, 9.17) is 14.0 Å². The normalized spacial score (nSPS) is 15.9. The van der Waals surface area contributed by atoms with Gasteiger partial charge in [-0.2, -0.15) is 4.98 Å². The molecule has 1 aromatic heterocycles. The average molecular weight is 402 g/mol. The Morgan fingerprint density at radius 2 is 2.24 bits per heavy atom. The summed E-state index contributed by atoms with van der Waals surface area (Å²) in [7, 11) is 0. The first-order valence-corrected chi connectivity index (χ1v) is 9.75. The zero-order valence-electron chi connectivity index (χ0n) is 16.7. The van der Waals surface area contributed by atoms with Gasteiger partial charge in [0, 0.05) is 19.5 Å². The van der Waals surface area contributed by atoms with Crippen molar-refractivity contribution in [2.75, 3.05) is 32.8 Å². The Hall–Kier alpha value is -3.10.